The van der Waals surface area contributed by atoms with Gasteiger partial charge < -0.3 is 4.42 Å². The highest BCUT2D eigenvalue weighted by Gasteiger charge is 2.49. The Bertz CT molecular complexity index is 683. The molecule has 0 aliphatic heterocycles. The molecule has 2 aromatic rings. The predicted octanol–water partition coefficient (Wildman–Crippen LogP) is 4.10. The molecule has 0 spiro atoms. The minimum Gasteiger partial charge on any atom is -0.408 e. The predicted molar refractivity (Wildman–Crippen MR) is 79.7 cm³/mol. The maximum Gasteiger partial charge on any atom is 0.419 e. The summed E-state index contributed by atoms with van der Waals surface area (Å²) < 4.78 is 6.98. The molecule has 1 aliphatic carbocycles. The van der Waals surface area contributed by atoms with Gasteiger partial charge in [0.05, 0.1) is 5.52 Å². The summed E-state index contributed by atoms with van der Waals surface area (Å²) in [6.45, 7) is 7.17. The van der Waals surface area contributed by atoms with Crippen molar-refractivity contribution in [3.05, 3.63) is 34.3 Å². The molecule has 4 heteroatoms. The van der Waals surface area contributed by atoms with E-state index in [0.29, 0.717) is 28.3 Å². The molecule has 0 N–H and O–H groups in total. The molecule has 1 heterocycles. The summed E-state index contributed by atoms with van der Waals surface area (Å²) in [4.78, 5) is 12.0. The lowest BCUT2D eigenvalue weighted by Crippen LogP contribution is -2.11. The highest BCUT2D eigenvalue weighted by molar-refractivity contribution is 9.09. The summed E-state index contributed by atoms with van der Waals surface area (Å²) in [6, 6.07) is 6.08. The molecule has 3 nitrogen and oxygen atoms in total. The van der Waals surface area contributed by atoms with E-state index < -0.39 is 0 Å². The van der Waals surface area contributed by atoms with Crippen LogP contribution in [0.4, 0.5) is 0 Å². The second-order valence-electron chi connectivity index (χ2n) is 6.04. The van der Waals surface area contributed by atoms with Gasteiger partial charge in [0.15, 0.2) is 5.58 Å². The molecule has 0 bridgehead atoms. The maximum absolute atomic E-state index is 11.7. The molecule has 2 atom stereocenters. The Morgan fingerprint density at radius 1 is 1.53 bits per heavy atom. The smallest absolute Gasteiger partial charge is 0.408 e. The van der Waals surface area contributed by atoms with Crippen molar-refractivity contribution in [1.29, 1.82) is 0 Å². The number of alkyl halides is 1. The summed E-state index contributed by atoms with van der Waals surface area (Å²) in [5.41, 5.74) is 3.18. The molecule has 102 valence electrons. The molecule has 3 rings (SSSR count). The standard InChI is InChI=1S/C15H18BrNO2/c1-4-17-11-6-5-9(7-12(11)19-14(17)18)13(16)10-8-15(10,2)3/h5-7,10,13H,4,8H2,1-3H3. The number of fused-ring (bicyclic) bond motifs is 1. The summed E-state index contributed by atoms with van der Waals surface area (Å²) in [7, 11) is 0. The number of nitrogens with zero attached hydrogens (tertiary/aromatic N) is 1. The van der Waals surface area contributed by atoms with Crippen LogP contribution in [0.1, 0.15) is 37.6 Å². The molecule has 0 saturated heterocycles. The van der Waals surface area contributed by atoms with Crippen LogP contribution < -0.4 is 5.76 Å². The van der Waals surface area contributed by atoms with Gasteiger partial charge in [0.1, 0.15) is 0 Å². The zero-order valence-corrected chi connectivity index (χ0v) is 13.0. The van der Waals surface area contributed by atoms with Gasteiger partial charge in [0, 0.05) is 11.4 Å². The van der Waals surface area contributed by atoms with Crippen LogP contribution in [0.2, 0.25) is 0 Å². The van der Waals surface area contributed by atoms with Crippen molar-refractivity contribution in [3.63, 3.8) is 0 Å². The van der Waals surface area contributed by atoms with Crippen molar-refractivity contribution >= 4 is 27.0 Å². The lowest BCUT2D eigenvalue weighted by molar-refractivity contribution is 0.512. The number of oxazole rings is 1. The number of rotatable bonds is 3. The lowest BCUT2D eigenvalue weighted by Gasteiger charge is -2.12. The fourth-order valence-corrected chi connectivity index (χ4v) is 3.98. The summed E-state index contributed by atoms with van der Waals surface area (Å²) in [5.74, 6) is 0.387. The van der Waals surface area contributed by atoms with Gasteiger partial charge in [-0.2, -0.15) is 0 Å². The van der Waals surface area contributed by atoms with Crippen molar-refractivity contribution in [2.45, 2.75) is 38.6 Å². The first-order valence-electron chi connectivity index (χ1n) is 6.71. The fourth-order valence-electron chi connectivity index (χ4n) is 2.79. The monoisotopic (exact) mass is 323 g/mol. The van der Waals surface area contributed by atoms with Crippen LogP contribution >= 0.6 is 15.9 Å². The van der Waals surface area contributed by atoms with Crippen molar-refractivity contribution < 1.29 is 4.42 Å². The SMILES string of the molecule is CCn1c(=O)oc2cc(C(Br)C3CC3(C)C)ccc21. The minimum atomic E-state index is -0.271. The largest absolute Gasteiger partial charge is 0.419 e. The average Bonchev–Trinajstić information content (AvgIpc) is 2.87. The van der Waals surface area contributed by atoms with Crippen LogP contribution in [0.5, 0.6) is 0 Å². The quantitative estimate of drug-likeness (QED) is 0.797. The molecule has 2 unspecified atom stereocenters. The Kier molecular flexibility index (Phi) is 2.89. The van der Waals surface area contributed by atoms with E-state index in [-0.39, 0.29) is 5.76 Å². The zero-order chi connectivity index (χ0) is 13.8. The third-order valence-corrected chi connectivity index (χ3v) is 5.44. The van der Waals surface area contributed by atoms with Gasteiger partial charge in [0.2, 0.25) is 0 Å². The Balaban J connectivity index is 2.01. The van der Waals surface area contributed by atoms with Gasteiger partial charge in [-0.25, -0.2) is 4.79 Å². The van der Waals surface area contributed by atoms with Crippen LogP contribution in [0, 0.1) is 11.3 Å². The number of hydrogen-bond donors (Lipinski definition) is 0. The summed E-state index contributed by atoms with van der Waals surface area (Å²) in [6.07, 6.45) is 1.24. The van der Waals surface area contributed by atoms with E-state index in [9.17, 15) is 4.79 Å². The van der Waals surface area contributed by atoms with E-state index in [1.54, 1.807) is 4.57 Å². The topological polar surface area (TPSA) is 35.1 Å². The summed E-state index contributed by atoms with van der Waals surface area (Å²) >= 11 is 3.79. The minimum absolute atomic E-state index is 0.271. The second kappa shape index (κ2) is 4.23. The van der Waals surface area contributed by atoms with Gasteiger partial charge >= 0.3 is 5.76 Å². The zero-order valence-electron chi connectivity index (χ0n) is 11.4. The van der Waals surface area contributed by atoms with Gasteiger partial charge in [-0.05, 0) is 42.4 Å². The van der Waals surface area contributed by atoms with Gasteiger partial charge in [-0.3, -0.25) is 4.57 Å². The van der Waals surface area contributed by atoms with Crippen LogP contribution in [0.15, 0.2) is 27.4 Å². The number of aryl methyl sites for hydroxylation is 1. The van der Waals surface area contributed by atoms with E-state index in [1.807, 2.05) is 19.1 Å². The van der Waals surface area contributed by atoms with Gasteiger partial charge in [-0.1, -0.05) is 35.8 Å². The molecule has 1 saturated carbocycles. The Morgan fingerprint density at radius 2 is 2.21 bits per heavy atom. The van der Waals surface area contributed by atoms with E-state index in [1.165, 1.54) is 12.0 Å². The van der Waals surface area contributed by atoms with Crippen LogP contribution in [0.3, 0.4) is 0 Å². The molecular formula is C15H18BrNO2. The third kappa shape index (κ3) is 2.06. The van der Waals surface area contributed by atoms with E-state index in [0.717, 1.165) is 5.52 Å². The van der Waals surface area contributed by atoms with E-state index in [4.69, 9.17) is 4.42 Å². The van der Waals surface area contributed by atoms with Crippen molar-refractivity contribution in [3.8, 4) is 0 Å². The fraction of sp³-hybridized carbons (Fsp3) is 0.533. The molecule has 1 aromatic carbocycles. The van der Waals surface area contributed by atoms with Gasteiger partial charge in [-0.15, -0.1) is 0 Å². The second-order valence-corrected chi connectivity index (χ2v) is 7.03. The van der Waals surface area contributed by atoms with Gasteiger partial charge in [0.25, 0.3) is 0 Å². The highest BCUT2D eigenvalue weighted by Crippen LogP contribution is 2.60. The van der Waals surface area contributed by atoms with Crippen molar-refractivity contribution in [1.82, 2.24) is 4.57 Å². The molecule has 1 aromatic heterocycles. The van der Waals surface area contributed by atoms with Crippen LogP contribution in [0.25, 0.3) is 11.1 Å². The molecular weight excluding hydrogens is 306 g/mol. The number of halogens is 1. The molecule has 0 radical (unpaired) electrons. The Morgan fingerprint density at radius 3 is 2.79 bits per heavy atom. The highest BCUT2D eigenvalue weighted by atomic mass is 79.9. The van der Waals surface area contributed by atoms with Crippen molar-refractivity contribution in [2.75, 3.05) is 0 Å². The van der Waals surface area contributed by atoms with E-state index in [2.05, 4.69) is 35.8 Å². The Labute approximate surface area is 120 Å². The third-order valence-electron chi connectivity index (χ3n) is 4.27. The first kappa shape index (κ1) is 13.0. The van der Waals surface area contributed by atoms with Crippen LogP contribution in [-0.4, -0.2) is 4.57 Å². The van der Waals surface area contributed by atoms with Crippen molar-refractivity contribution in [2.24, 2.45) is 11.3 Å². The number of aromatic nitrogens is 1. The normalized spacial score (nSPS) is 22.6. The van der Waals surface area contributed by atoms with E-state index >= 15 is 0 Å². The molecule has 0 amide bonds. The molecule has 1 fully saturated rings. The van der Waals surface area contributed by atoms with Crippen LogP contribution in [-0.2, 0) is 6.54 Å². The number of benzene rings is 1. The molecule has 19 heavy (non-hydrogen) atoms. The maximum atomic E-state index is 11.7. The average molecular weight is 324 g/mol. The summed E-state index contributed by atoms with van der Waals surface area (Å²) in [5, 5.41) is 0. The first-order valence-corrected chi connectivity index (χ1v) is 7.63. The first-order chi connectivity index (χ1) is 8.94. The molecule has 1 aliphatic rings. The Hall–Kier alpha value is -1.03. The number of hydrogen-bond acceptors (Lipinski definition) is 2. The lowest BCUT2D eigenvalue weighted by atomic mass is 10.0.